The van der Waals surface area contributed by atoms with E-state index in [1.165, 1.54) is 0 Å². The second-order valence-corrected chi connectivity index (χ2v) is 3.55. The molecule has 88 valence electrons. The van der Waals surface area contributed by atoms with Crippen LogP contribution in [0.3, 0.4) is 0 Å². The maximum atomic E-state index is 11.1. The highest BCUT2D eigenvalue weighted by molar-refractivity contribution is 7.74. The van der Waals surface area contributed by atoms with Crippen molar-refractivity contribution in [1.82, 2.24) is 0 Å². The molecule has 0 radical (unpaired) electrons. The largest absolute Gasteiger partial charge is 0.360 e. The maximum Gasteiger partial charge on any atom is 0.360 e. The average molecular weight is 245 g/mol. The van der Waals surface area contributed by atoms with Crippen LogP contribution in [-0.2, 0) is 31.8 Å². The van der Waals surface area contributed by atoms with Gasteiger partial charge in [0.1, 0.15) is 6.04 Å². The Balaban J connectivity index is 2.43. The van der Waals surface area contributed by atoms with E-state index >= 15 is 0 Å². The van der Waals surface area contributed by atoms with Gasteiger partial charge in [0.15, 0.2) is 0 Å². The number of rotatable bonds is 5. The number of hydrogen-bond acceptors (Lipinski definition) is 5. The summed E-state index contributed by atoms with van der Waals surface area (Å²) in [5.74, 6) is -0.897. The lowest BCUT2D eigenvalue weighted by Gasteiger charge is -2.08. The Morgan fingerprint density at radius 2 is 2.06 bits per heavy atom. The Bertz CT molecular complexity index is 369. The van der Waals surface area contributed by atoms with Crippen molar-refractivity contribution in [3.8, 4) is 0 Å². The van der Waals surface area contributed by atoms with Gasteiger partial charge in [-0.05, 0) is 12.0 Å². The molecule has 0 spiro atoms. The fourth-order valence-corrected chi connectivity index (χ4v) is 1.20. The van der Waals surface area contributed by atoms with Crippen LogP contribution >= 0.6 is 0 Å². The van der Waals surface area contributed by atoms with Crippen molar-refractivity contribution in [1.29, 1.82) is 0 Å². The third-order valence-corrected chi connectivity index (χ3v) is 1.96. The quantitative estimate of drug-likeness (QED) is 0.436. The SMILES string of the molecule is NC(Cc1ccccc1)C(=O)OOS(=O)O. The molecule has 1 aromatic rings. The fourth-order valence-electron chi connectivity index (χ4n) is 1.08. The average Bonchev–Trinajstić information content (AvgIpc) is 2.27. The maximum absolute atomic E-state index is 11.1. The van der Waals surface area contributed by atoms with Crippen LogP contribution in [0.1, 0.15) is 5.56 Å². The molecule has 2 unspecified atom stereocenters. The summed E-state index contributed by atoms with van der Waals surface area (Å²) in [6.45, 7) is 0. The Morgan fingerprint density at radius 3 is 2.62 bits per heavy atom. The molecule has 1 aromatic carbocycles. The smallest absolute Gasteiger partial charge is 0.318 e. The second kappa shape index (κ2) is 6.33. The molecule has 0 aliphatic heterocycles. The van der Waals surface area contributed by atoms with E-state index in [9.17, 15) is 9.00 Å². The summed E-state index contributed by atoms with van der Waals surface area (Å²) in [6.07, 6.45) is 0.265. The molecule has 1 rings (SSSR count). The molecule has 7 heteroatoms. The van der Waals surface area contributed by atoms with Crippen LogP contribution in [-0.4, -0.2) is 20.8 Å². The van der Waals surface area contributed by atoms with Gasteiger partial charge < -0.3 is 5.73 Å². The van der Waals surface area contributed by atoms with Gasteiger partial charge in [-0.15, -0.1) is 0 Å². The first kappa shape index (κ1) is 12.8. The normalized spacial score (nSPS) is 14.1. The molecular weight excluding hydrogens is 234 g/mol. The van der Waals surface area contributed by atoms with Gasteiger partial charge in [-0.2, -0.15) is 4.21 Å². The van der Waals surface area contributed by atoms with E-state index in [-0.39, 0.29) is 6.42 Å². The molecule has 2 atom stereocenters. The van der Waals surface area contributed by atoms with Crippen molar-refractivity contribution in [2.45, 2.75) is 12.5 Å². The lowest BCUT2D eigenvalue weighted by atomic mass is 10.1. The minimum Gasteiger partial charge on any atom is -0.318 e. The Hall–Kier alpha value is -1.28. The zero-order valence-corrected chi connectivity index (χ0v) is 9.05. The first-order chi connectivity index (χ1) is 7.59. The number of nitrogens with two attached hydrogens (primary N) is 1. The predicted octanol–water partition coefficient (Wildman–Crippen LogP) is 0.168. The standard InChI is InChI=1S/C9H11NO5S/c10-8(9(11)14-15-16(12)13)6-7-4-2-1-3-5-7/h1-5,8H,6,10H2,(H,12,13). The summed E-state index contributed by atoms with van der Waals surface area (Å²) in [6, 6.07) is 8.13. The van der Waals surface area contributed by atoms with Crippen LogP contribution in [0.4, 0.5) is 0 Å². The summed E-state index contributed by atoms with van der Waals surface area (Å²) in [5.41, 5.74) is 6.36. The van der Waals surface area contributed by atoms with Crippen molar-refractivity contribution < 1.29 is 22.8 Å². The van der Waals surface area contributed by atoms with E-state index < -0.39 is 23.4 Å². The molecule has 0 saturated heterocycles. The summed E-state index contributed by atoms with van der Waals surface area (Å²) in [7, 11) is 0. The van der Waals surface area contributed by atoms with Gasteiger partial charge in [-0.3, -0.25) is 9.44 Å². The molecule has 0 fully saturated rings. The van der Waals surface area contributed by atoms with Gasteiger partial charge >= 0.3 is 17.3 Å². The monoisotopic (exact) mass is 245 g/mol. The highest BCUT2D eigenvalue weighted by Crippen LogP contribution is 2.03. The zero-order chi connectivity index (χ0) is 12.0. The molecular formula is C9H11NO5S. The van der Waals surface area contributed by atoms with Crippen LogP contribution in [0, 0.1) is 0 Å². The van der Waals surface area contributed by atoms with Crippen LogP contribution < -0.4 is 5.73 Å². The summed E-state index contributed by atoms with van der Waals surface area (Å²) >= 11 is -2.65. The van der Waals surface area contributed by atoms with E-state index in [1.54, 1.807) is 12.1 Å². The zero-order valence-electron chi connectivity index (χ0n) is 8.24. The Labute approximate surface area is 94.8 Å². The molecule has 0 aromatic heterocycles. The van der Waals surface area contributed by atoms with Gasteiger partial charge in [0.25, 0.3) is 0 Å². The number of carbonyl (C=O) groups excluding carboxylic acids is 1. The Kier molecular flexibility index (Phi) is 5.06. The molecule has 0 aliphatic rings. The van der Waals surface area contributed by atoms with Crippen LogP contribution in [0.15, 0.2) is 30.3 Å². The van der Waals surface area contributed by atoms with Crippen molar-refractivity contribution >= 4 is 17.3 Å². The van der Waals surface area contributed by atoms with Gasteiger partial charge in [-0.1, -0.05) is 34.7 Å². The highest BCUT2D eigenvalue weighted by atomic mass is 32.2. The van der Waals surface area contributed by atoms with E-state index in [1.807, 2.05) is 18.2 Å². The number of benzene rings is 1. The molecule has 0 aliphatic carbocycles. The Morgan fingerprint density at radius 1 is 1.44 bits per heavy atom. The summed E-state index contributed by atoms with van der Waals surface area (Å²) in [5, 5.41) is 0. The molecule has 3 N–H and O–H groups in total. The lowest BCUT2D eigenvalue weighted by molar-refractivity contribution is -0.213. The van der Waals surface area contributed by atoms with Crippen molar-refractivity contribution in [2.75, 3.05) is 0 Å². The van der Waals surface area contributed by atoms with Crippen LogP contribution in [0.5, 0.6) is 0 Å². The van der Waals surface area contributed by atoms with Crippen molar-refractivity contribution in [3.63, 3.8) is 0 Å². The molecule has 0 heterocycles. The van der Waals surface area contributed by atoms with Crippen LogP contribution in [0.2, 0.25) is 0 Å². The van der Waals surface area contributed by atoms with Crippen molar-refractivity contribution in [2.24, 2.45) is 5.73 Å². The van der Waals surface area contributed by atoms with Gasteiger partial charge in [0.05, 0.1) is 0 Å². The van der Waals surface area contributed by atoms with E-state index in [2.05, 4.69) is 9.22 Å². The molecule has 0 bridgehead atoms. The third-order valence-electron chi connectivity index (χ3n) is 1.78. The predicted molar refractivity (Wildman–Crippen MR) is 56.1 cm³/mol. The highest BCUT2D eigenvalue weighted by Gasteiger charge is 2.17. The molecule has 6 nitrogen and oxygen atoms in total. The molecule has 0 saturated carbocycles. The number of hydrogen-bond donors (Lipinski definition) is 2. The fraction of sp³-hybridized carbons (Fsp3) is 0.222. The third kappa shape index (κ3) is 4.49. The van der Waals surface area contributed by atoms with E-state index in [0.717, 1.165) is 5.56 Å². The number of carbonyl (C=O) groups is 1. The van der Waals surface area contributed by atoms with Gasteiger partial charge in [0, 0.05) is 0 Å². The minimum atomic E-state index is -2.65. The molecule has 0 amide bonds. The van der Waals surface area contributed by atoms with E-state index in [0.29, 0.717) is 0 Å². The first-order valence-corrected chi connectivity index (χ1v) is 5.42. The summed E-state index contributed by atoms with van der Waals surface area (Å²) < 4.78 is 22.0. The summed E-state index contributed by atoms with van der Waals surface area (Å²) in [4.78, 5) is 15.2. The first-order valence-electron chi connectivity index (χ1n) is 4.39. The lowest BCUT2D eigenvalue weighted by Crippen LogP contribution is -2.34. The van der Waals surface area contributed by atoms with E-state index in [4.69, 9.17) is 10.3 Å². The van der Waals surface area contributed by atoms with Gasteiger partial charge in [0.2, 0.25) is 0 Å². The molecule has 16 heavy (non-hydrogen) atoms. The minimum absolute atomic E-state index is 0.265. The van der Waals surface area contributed by atoms with Crippen molar-refractivity contribution in [3.05, 3.63) is 35.9 Å². The second-order valence-electron chi connectivity index (χ2n) is 2.98. The van der Waals surface area contributed by atoms with Gasteiger partial charge in [-0.25, -0.2) is 4.79 Å². The van der Waals surface area contributed by atoms with Crippen LogP contribution in [0.25, 0.3) is 0 Å². The topological polar surface area (TPSA) is 98.9 Å².